The van der Waals surface area contributed by atoms with Gasteiger partial charge in [-0.2, -0.15) is 0 Å². The lowest BCUT2D eigenvalue weighted by Gasteiger charge is -2.30. The number of anilines is 1. The normalized spacial score (nSPS) is 13.7. The van der Waals surface area contributed by atoms with Crippen LogP contribution in [0.3, 0.4) is 0 Å². The Morgan fingerprint density at radius 2 is 1.91 bits per heavy atom. The number of rotatable bonds is 2. The van der Waals surface area contributed by atoms with Crippen LogP contribution < -0.4 is 10.2 Å². The number of urea groups is 1. The highest BCUT2D eigenvalue weighted by Gasteiger charge is 2.28. The first-order chi connectivity index (χ1) is 10.7. The van der Waals surface area contributed by atoms with Crippen molar-refractivity contribution in [1.29, 1.82) is 0 Å². The molecule has 0 saturated carbocycles. The summed E-state index contributed by atoms with van der Waals surface area (Å²) in [6.07, 6.45) is 0.370. The number of nitrogens with one attached hydrogen (secondary N) is 1. The summed E-state index contributed by atoms with van der Waals surface area (Å²) in [4.78, 5) is 26.2. The van der Waals surface area contributed by atoms with E-state index in [9.17, 15) is 9.59 Å². The van der Waals surface area contributed by atoms with Gasteiger partial charge in [0.15, 0.2) is 5.78 Å². The van der Waals surface area contributed by atoms with Gasteiger partial charge in [-0.15, -0.1) is 0 Å². The molecule has 4 heteroatoms. The Hall–Kier alpha value is -2.62. The number of carbonyl (C=O) groups is 2. The molecule has 3 rings (SSSR count). The van der Waals surface area contributed by atoms with Gasteiger partial charge in [-0.05, 0) is 24.1 Å². The lowest BCUT2D eigenvalue weighted by atomic mass is 9.97. The molecule has 0 spiro atoms. The molecule has 1 heterocycles. The van der Waals surface area contributed by atoms with Crippen molar-refractivity contribution < 1.29 is 9.59 Å². The van der Waals surface area contributed by atoms with Gasteiger partial charge in [0.1, 0.15) is 0 Å². The molecule has 0 fully saturated rings. The Bertz CT molecular complexity index is 710. The van der Waals surface area contributed by atoms with Crippen molar-refractivity contribution in [3.8, 4) is 0 Å². The molecule has 0 saturated heterocycles. The van der Waals surface area contributed by atoms with Crippen LogP contribution in [0, 0.1) is 6.92 Å². The average Bonchev–Trinajstić information content (AvgIpc) is 2.55. The summed E-state index contributed by atoms with van der Waals surface area (Å²) in [5, 5.41) is 2.93. The summed E-state index contributed by atoms with van der Waals surface area (Å²) in [5.41, 5.74) is 3.37. The smallest absolute Gasteiger partial charge is 0.322 e. The monoisotopic (exact) mass is 294 g/mol. The zero-order chi connectivity index (χ0) is 15.5. The predicted molar refractivity (Wildman–Crippen MR) is 86.2 cm³/mol. The third-order valence-electron chi connectivity index (χ3n) is 3.90. The summed E-state index contributed by atoms with van der Waals surface area (Å²) in [6.45, 7) is 2.83. The first-order valence-electron chi connectivity index (χ1n) is 7.39. The largest absolute Gasteiger partial charge is 0.334 e. The molecule has 1 aliphatic rings. The third kappa shape index (κ3) is 2.72. The van der Waals surface area contributed by atoms with Crippen molar-refractivity contribution in [2.45, 2.75) is 19.9 Å². The summed E-state index contributed by atoms with van der Waals surface area (Å²) < 4.78 is 0. The van der Waals surface area contributed by atoms with Gasteiger partial charge in [0.05, 0.1) is 5.69 Å². The molecule has 0 unspecified atom stereocenters. The van der Waals surface area contributed by atoms with Gasteiger partial charge in [-0.3, -0.25) is 9.69 Å². The molecular formula is C18H18N2O2. The van der Waals surface area contributed by atoms with E-state index in [1.54, 1.807) is 11.0 Å². The van der Waals surface area contributed by atoms with Crippen LogP contribution in [0.1, 0.15) is 27.9 Å². The number of para-hydroxylation sites is 1. The van der Waals surface area contributed by atoms with Gasteiger partial charge in [-0.25, -0.2) is 4.79 Å². The third-order valence-corrected chi connectivity index (χ3v) is 3.90. The van der Waals surface area contributed by atoms with Crippen LogP contribution in [0.2, 0.25) is 0 Å². The number of fused-ring (bicyclic) bond motifs is 1. The van der Waals surface area contributed by atoms with E-state index >= 15 is 0 Å². The van der Waals surface area contributed by atoms with Gasteiger partial charge < -0.3 is 5.32 Å². The molecule has 2 aromatic carbocycles. The van der Waals surface area contributed by atoms with Crippen LogP contribution in [0.4, 0.5) is 10.5 Å². The van der Waals surface area contributed by atoms with Crippen LogP contribution in [-0.2, 0) is 6.54 Å². The Kier molecular flexibility index (Phi) is 3.92. The summed E-state index contributed by atoms with van der Waals surface area (Å²) in [7, 11) is 0. The molecule has 1 aliphatic heterocycles. The van der Waals surface area contributed by atoms with Crippen molar-refractivity contribution in [2.24, 2.45) is 0 Å². The van der Waals surface area contributed by atoms with E-state index in [-0.39, 0.29) is 11.8 Å². The molecule has 112 valence electrons. The number of hydrogen-bond acceptors (Lipinski definition) is 2. The van der Waals surface area contributed by atoms with Gasteiger partial charge in [0, 0.05) is 25.1 Å². The van der Waals surface area contributed by atoms with Crippen molar-refractivity contribution in [3.05, 3.63) is 65.2 Å². The van der Waals surface area contributed by atoms with Crippen LogP contribution in [-0.4, -0.2) is 18.4 Å². The quantitative estimate of drug-likeness (QED) is 0.924. The average molecular weight is 294 g/mol. The lowest BCUT2D eigenvalue weighted by Crippen LogP contribution is -2.44. The zero-order valence-electron chi connectivity index (χ0n) is 12.5. The van der Waals surface area contributed by atoms with Gasteiger partial charge >= 0.3 is 6.03 Å². The Morgan fingerprint density at radius 1 is 1.14 bits per heavy atom. The van der Waals surface area contributed by atoms with Crippen molar-refractivity contribution >= 4 is 17.5 Å². The van der Waals surface area contributed by atoms with Gasteiger partial charge in [0.2, 0.25) is 0 Å². The SMILES string of the molecule is Cc1cccc2c1N(C(=O)NCc1ccccc1)CCC2=O. The van der Waals surface area contributed by atoms with Crippen molar-refractivity contribution in [1.82, 2.24) is 5.32 Å². The molecule has 22 heavy (non-hydrogen) atoms. The second-order valence-electron chi connectivity index (χ2n) is 5.44. The molecule has 0 radical (unpaired) electrons. The van der Waals surface area contributed by atoms with Crippen LogP contribution in [0.5, 0.6) is 0 Å². The Morgan fingerprint density at radius 3 is 2.68 bits per heavy atom. The maximum Gasteiger partial charge on any atom is 0.322 e. The Balaban J connectivity index is 1.79. The molecule has 2 aromatic rings. The summed E-state index contributed by atoms with van der Waals surface area (Å²) in [5.74, 6) is 0.103. The molecule has 2 amide bonds. The molecule has 4 nitrogen and oxygen atoms in total. The molecular weight excluding hydrogens is 276 g/mol. The number of amides is 2. The maximum atomic E-state index is 12.5. The second-order valence-corrected chi connectivity index (χ2v) is 5.44. The zero-order valence-corrected chi connectivity index (χ0v) is 12.5. The highest BCUT2D eigenvalue weighted by Crippen LogP contribution is 2.30. The fourth-order valence-corrected chi connectivity index (χ4v) is 2.77. The van der Waals surface area contributed by atoms with Crippen molar-refractivity contribution in [2.75, 3.05) is 11.4 Å². The lowest BCUT2D eigenvalue weighted by molar-refractivity contribution is 0.0981. The molecule has 0 aliphatic carbocycles. The molecule has 1 N–H and O–H groups in total. The summed E-state index contributed by atoms with van der Waals surface area (Å²) in [6, 6.07) is 15.2. The van der Waals surface area contributed by atoms with E-state index in [0.717, 1.165) is 16.8 Å². The first-order valence-corrected chi connectivity index (χ1v) is 7.39. The fourth-order valence-electron chi connectivity index (χ4n) is 2.77. The number of Topliss-reactive ketones (excluding diaryl/α,β-unsaturated/α-hetero) is 1. The second kappa shape index (κ2) is 6.02. The molecule has 0 bridgehead atoms. The number of nitrogens with zero attached hydrogens (tertiary/aromatic N) is 1. The minimum Gasteiger partial charge on any atom is -0.334 e. The number of aryl methyl sites for hydroxylation is 1. The maximum absolute atomic E-state index is 12.5. The molecule has 0 atom stereocenters. The van der Waals surface area contributed by atoms with E-state index < -0.39 is 0 Å². The Labute approximate surface area is 129 Å². The van der Waals surface area contributed by atoms with Crippen LogP contribution in [0.25, 0.3) is 0 Å². The summed E-state index contributed by atoms with van der Waals surface area (Å²) >= 11 is 0. The van der Waals surface area contributed by atoms with E-state index in [4.69, 9.17) is 0 Å². The van der Waals surface area contributed by atoms with Crippen molar-refractivity contribution in [3.63, 3.8) is 0 Å². The van der Waals surface area contributed by atoms with E-state index in [0.29, 0.717) is 25.1 Å². The number of hydrogen-bond donors (Lipinski definition) is 1. The number of benzene rings is 2. The van der Waals surface area contributed by atoms with E-state index in [1.807, 2.05) is 49.4 Å². The minimum absolute atomic E-state index is 0.103. The fraction of sp³-hybridized carbons (Fsp3) is 0.222. The highest BCUT2D eigenvalue weighted by atomic mass is 16.2. The highest BCUT2D eigenvalue weighted by molar-refractivity contribution is 6.09. The van der Waals surface area contributed by atoms with E-state index in [1.165, 1.54) is 0 Å². The van der Waals surface area contributed by atoms with E-state index in [2.05, 4.69) is 5.32 Å². The standard InChI is InChI=1S/C18H18N2O2/c1-13-6-5-9-15-16(21)10-11-20(17(13)15)18(22)19-12-14-7-3-2-4-8-14/h2-9H,10-12H2,1H3,(H,19,22). The predicted octanol–water partition coefficient (Wildman–Crippen LogP) is 3.30. The number of carbonyl (C=O) groups excluding carboxylic acids is 2. The topological polar surface area (TPSA) is 49.4 Å². The minimum atomic E-state index is -0.160. The first kappa shape index (κ1) is 14.3. The molecule has 0 aromatic heterocycles. The van der Waals surface area contributed by atoms with Crippen LogP contribution >= 0.6 is 0 Å². The van der Waals surface area contributed by atoms with Gasteiger partial charge in [-0.1, -0.05) is 42.5 Å². The van der Waals surface area contributed by atoms with Gasteiger partial charge in [0.25, 0.3) is 0 Å². The van der Waals surface area contributed by atoms with Crippen LogP contribution in [0.15, 0.2) is 48.5 Å². The number of ketones is 1.